The van der Waals surface area contributed by atoms with E-state index in [2.05, 4.69) is 50.6 Å². The molecule has 0 bridgehead atoms. The molecule has 2 rings (SSSR count). The first-order chi connectivity index (χ1) is 7.16. The third-order valence-corrected chi connectivity index (χ3v) is 3.39. The second-order valence-electron chi connectivity index (χ2n) is 3.69. The summed E-state index contributed by atoms with van der Waals surface area (Å²) in [4.78, 5) is 4.21. The Morgan fingerprint density at radius 3 is 2.73 bits per heavy atom. The van der Waals surface area contributed by atoms with E-state index in [1.165, 1.54) is 11.1 Å². The van der Waals surface area contributed by atoms with Gasteiger partial charge in [-0.1, -0.05) is 28.1 Å². The van der Waals surface area contributed by atoms with Gasteiger partial charge in [0.05, 0.1) is 0 Å². The van der Waals surface area contributed by atoms with Gasteiger partial charge in [-0.3, -0.25) is 0 Å². The van der Waals surface area contributed by atoms with Crippen LogP contribution in [0.2, 0.25) is 0 Å². The van der Waals surface area contributed by atoms with Gasteiger partial charge in [0, 0.05) is 23.4 Å². The Morgan fingerprint density at radius 1 is 1.33 bits per heavy atom. The third kappa shape index (κ3) is 2.29. The Balaban J connectivity index is 2.25. The number of imidazole rings is 1. The van der Waals surface area contributed by atoms with Crippen molar-refractivity contribution in [3.63, 3.8) is 0 Å². The number of nitrogens with zero attached hydrogens (tertiary/aromatic N) is 2. The second kappa shape index (κ2) is 4.19. The number of hydrogen-bond acceptors (Lipinski definition) is 1. The maximum absolute atomic E-state index is 4.21. The van der Waals surface area contributed by atoms with E-state index in [9.17, 15) is 0 Å². The first kappa shape index (κ1) is 10.4. The lowest BCUT2D eigenvalue weighted by Gasteiger charge is -2.07. The van der Waals surface area contributed by atoms with Crippen LogP contribution in [0.3, 0.4) is 0 Å². The van der Waals surface area contributed by atoms with Crippen molar-refractivity contribution in [3.05, 3.63) is 52.0 Å². The van der Waals surface area contributed by atoms with E-state index in [4.69, 9.17) is 0 Å². The van der Waals surface area contributed by atoms with Crippen molar-refractivity contribution in [1.29, 1.82) is 0 Å². The van der Waals surface area contributed by atoms with Crippen molar-refractivity contribution in [2.45, 2.75) is 20.4 Å². The van der Waals surface area contributed by atoms with Crippen molar-refractivity contribution >= 4 is 15.9 Å². The molecule has 0 N–H and O–H groups in total. The Morgan fingerprint density at radius 2 is 2.13 bits per heavy atom. The molecular weight excluding hydrogens is 252 g/mol. The summed E-state index contributed by atoms with van der Waals surface area (Å²) in [6.45, 7) is 5.01. The SMILES string of the molecule is Cc1cc(Cn2ccnc2C)ccc1Br. The molecule has 0 radical (unpaired) electrons. The first-order valence-electron chi connectivity index (χ1n) is 4.89. The van der Waals surface area contributed by atoms with Gasteiger partial charge < -0.3 is 4.57 Å². The van der Waals surface area contributed by atoms with Crippen molar-refractivity contribution in [1.82, 2.24) is 9.55 Å². The van der Waals surface area contributed by atoms with Crippen molar-refractivity contribution < 1.29 is 0 Å². The van der Waals surface area contributed by atoms with Crippen LogP contribution in [0.5, 0.6) is 0 Å². The Hall–Kier alpha value is -1.09. The average Bonchev–Trinajstić information content (AvgIpc) is 2.59. The van der Waals surface area contributed by atoms with Crippen LogP contribution in [0, 0.1) is 13.8 Å². The summed E-state index contributed by atoms with van der Waals surface area (Å²) < 4.78 is 3.30. The van der Waals surface area contributed by atoms with Gasteiger partial charge in [-0.25, -0.2) is 4.98 Å². The van der Waals surface area contributed by atoms with E-state index >= 15 is 0 Å². The molecule has 0 saturated heterocycles. The molecule has 0 fully saturated rings. The fraction of sp³-hybridized carbons (Fsp3) is 0.250. The van der Waals surface area contributed by atoms with E-state index in [1.807, 2.05) is 19.3 Å². The molecule has 0 aliphatic rings. The molecule has 0 spiro atoms. The molecule has 15 heavy (non-hydrogen) atoms. The Labute approximate surface area is 98.1 Å². The van der Waals surface area contributed by atoms with Crippen LogP contribution in [0.4, 0.5) is 0 Å². The summed E-state index contributed by atoms with van der Waals surface area (Å²) in [6, 6.07) is 6.43. The van der Waals surface area contributed by atoms with E-state index in [1.54, 1.807) is 0 Å². The predicted molar refractivity (Wildman–Crippen MR) is 64.9 cm³/mol. The molecule has 0 aliphatic heterocycles. The molecule has 2 aromatic rings. The summed E-state index contributed by atoms with van der Waals surface area (Å²) in [6.07, 6.45) is 3.84. The fourth-order valence-electron chi connectivity index (χ4n) is 1.57. The lowest BCUT2D eigenvalue weighted by atomic mass is 10.1. The van der Waals surface area contributed by atoms with Crippen LogP contribution in [0.25, 0.3) is 0 Å². The summed E-state index contributed by atoms with van der Waals surface area (Å²) >= 11 is 3.50. The molecule has 0 aliphatic carbocycles. The zero-order chi connectivity index (χ0) is 10.8. The molecule has 0 amide bonds. The van der Waals surface area contributed by atoms with Crippen LogP contribution >= 0.6 is 15.9 Å². The third-order valence-electron chi connectivity index (χ3n) is 2.50. The van der Waals surface area contributed by atoms with E-state index in [-0.39, 0.29) is 0 Å². The van der Waals surface area contributed by atoms with E-state index in [0.29, 0.717) is 0 Å². The van der Waals surface area contributed by atoms with Gasteiger partial charge in [0.25, 0.3) is 0 Å². The molecule has 0 atom stereocenters. The maximum atomic E-state index is 4.21. The van der Waals surface area contributed by atoms with Gasteiger partial charge in [-0.05, 0) is 31.0 Å². The average molecular weight is 265 g/mol. The molecule has 1 aromatic heterocycles. The molecule has 3 heteroatoms. The summed E-state index contributed by atoms with van der Waals surface area (Å²) in [5, 5.41) is 0. The van der Waals surface area contributed by atoms with Gasteiger partial charge in [0.15, 0.2) is 0 Å². The molecule has 1 aromatic carbocycles. The molecular formula is C12H13BrN2. The van der Waals surface area contributed by atoms with E-state index in [0.717, 1.165) is 16.8 Å². The standard InChI is InChI=1S/C12H13BrN2/c1-9-7-11(3-4-12(9)13)8-15-6-5-14-10(15)2/h3-7H,8H2,1-2H3. The number of halogens is 1. The number of benzene rings is 1. The molecule has 0 saturated carbocycles. The van der Waals surface area contributed by atoms with Crippen LogP contribution in [0.1, 0.15) is 17.0 Å². The molecule has 0 unspecified atom stereocenters. The molecule has 78 valence electrons. The van der Waals surface area contributed by atoms with Crippen LogP contribution < -0.4 is 0 Å². The number of hydrogen-bond donors (Lipinski definition) is 0. The minimum atomic E-state index is 0.889. The first-order valence-corrected chi connectivity index (χ1v) is 5.69. The largest absolute Gasteiger partial charge is 0.331 e. The fourth-order valence-corrected chi connectivity index (χ4v) is 1.82. The minimum absolute atomic E-state index is 0.889. The van der Waals surface area contributed by atoms with Crippen LogP contribution in [-0.2, 0) is 6.54 Å². The zero-order valence-electron chi connectivity index (χ0n) is 8.87. The zero-order valence-corrected chi connectivity index (χ0v) is 10.5. The number of aromatic nitrogens is 2. The van der Waals surface area contributed by atoms with Gasteiger partial charge in [0.1, 0.15) is 5.82 Å². The smallest absolute Gasteiger partial charge is 0.105 e. The van der Waals surface area contributed by atoms with Gasteiger partial charge >= 0.3 is 0 Å². The molecule has 2 nitrogen and oxygen atoms in total. The number of aryl methyl sites for hydroxylation is 2. The van der Waals surface area contributed by atoms with Crippen molar-refractivity contribution in [2.24, 2.45) is 0 Å². The predicted octanol–water partition coefficient (Wildman–Crippen LogP) is 3.31. The lowest BCUT2D eigenvalue weighted by Crippen LogP contribution is -2.00. The van der Waals surface area contributed by atoms with E-state index < -0.39 is 0 Å². The van der Waals surface area contributed by atoms with Crippen molar-refractivity contribution in [3.8, 4) is 0 Å². The van der Waals surface area contributed by atoms with Gasteiger partial charge in [0.2, 0.25) is 0 Å². The van der Waals surface area contributed by atoms with Gasteiger partial charge in [-0.2, -0.15) is 0 Å². The highest BCUT2D eigenvalue weighted by molar-refractivity contribution is 9.10. The summed E-state index contributed by atoms with van der Waals surface area (Å²) in [5.41, 5.74) is 2.57. The normalized spacial score (nSPS) is 10.6. The van der Waals surface area contributed by atoms with Gasteiger partial charge in [-0.15, -0.1) is 0 Å². The monoisotopic (exact) mass is 264 g/mol. The van der Waals surface area contributed by atoms with Crippen LogP contribution in [0.15, 0.2) is 35.1 Å². The lowest BCUT2D eigenvalue weighted by molar-refractivity contribution is 0.761. The Kier molecular flexibility index (Phi) is 2.91. The van der Waals surface area contributed by atoms with Crippen molar-refractivity contribution in [2.75, 3.05) is 0 Å². The van der Waals surface area contributed by atoms with Crippen LogP contribution in [-0.4, -0.2) is 9.55 Å². The second-order valence-corrected chi connectivity index (χ2v) is 4.54. The number of rotatable bonds is 2. The minimum Gasteiger partial charge on any atom is -0.331 e. The Bertz CT molecular complexity index is 474. The highest BCUT2D eigenvalue weighted by Gasteiger charge is 2.00. The maximum Gasteiger partial charge on any atom is 0.105 e. The topological polar surface area (TPSA) is 17.8 Å². The quantitative estimate of drug-likeness (QED) is 0.814. The molecule has 1 heterocycles. The summed E-state index contributed by atoms with van der Waals surface area (Å²) in [7, 11) is 0. The highest BCUT2D eigenvalue weighted by atomic mass is 79.9. The highest BCUT2D eigenvalue weighted by Crippen LogP contribution is 2.17. The summed E-state index contributed by atoms with van der Waals surface area (Å²) in [5.74, 6) is 1.05.